The Bertz CT molecular complexity index is 914. The van der Waals surface area contributed by atoms with E-state index in [2.05, 4.69) is 25.7 Å². The summed E-state index contributed by atoms with van der Waals surface area (Å²) in [4.78, 5) is 24.6. The van der Waals surface area contributed by atoms with Crippen LogP contribution in [-0.4, -0.2) is 46.6 Å². The zero-order valence-corrected chi connectivity index (χ0v) is 22.4. The fraction of sp³-hybridized carbons (Fsp3) is 0.667. The molecule has 5 atom stereocenters. The quantitative estimate of drug-likeness (QED) is 0.242. The highest BCUT2D eigenvalue weighted by Gasteiger charge is 2.49. The van der Waals surface area contributed by atoms with Crippen LogP contribution in [0.3, 0.4) is 0 Å². The van der Waals surface area contributed by atoms with E-state index in [0.29, 0.717) is 31.6 Å². The average Bonchev–Trinajstić information content (AvgIpc) is 3.16. The largest absolute Gasteiger partial charge is 0.509 e. The zero-order valence-electron chi connectivity index (χ0n) is 22.4. The average molecular weight is 501 g/mol. The smallest absolute Gasteiger partial charge is 0.434 e. The lowest BCUT2D eigenvalue weighted by Gasteiger charge is -2.42. The Hall–Kier alpha value is -2.18. The third-order valence-corrected chi connectivity index (χ3v) is 8.29. The highest BCUT2D eigenvalue weighted by molar-refractivity contribution is 5.97. The molecule has 0 radical (unpaired) electrons. The summed E-state index contributed by atoms with van der Waals surface area (Å²) in [5, 5.41) is 20.0. The molecule has 3 aliphatic carbocycles. The molecule has 36 heavy (non-hydrogen) atoms. The first kappa shape index (κ1) is 28.4. The summed E-state index contributed by atoms with van der Waals surface area (Å²) in [6, 6.07) is 0. The number of allylic oxidation sites excluding steroid dienone is 5. The van der Waals surface area contributed by atoms with Crippen molar-refractivity contribution in [1.82, 2.24) is 0 Å². The number of rotatable bonds is 8. The second-order valence-electron chi connectivity index (χ2n) is 11.5. The van der Waals surface area contributed by atoms with Gasteiger partial charge in [0.25, 0.3) is 0 Å². The van der Waals surface area contributed by atoms with Crippen molar-refractivity contribution in [2.75, 3.05) is 6.61 Å². The molecular formula is C30H44O6. The van der Waals surface area contributed by atoms with Gasteiger partial charge in [0.15, 0.2) is 11.4 Å². The van der Waals surface area contributed by atoms with E-state index in [1.165, 1.54) is 11.6 Å². The SMILES string of the molecule is C=C(/C=C/C(=O)C(C)(C)OC(=O)OCCC)[C@H]1CC[C@H]2/C(=C/C=C3C[C@@H](O)C[C@H](O)C3)CCC[C@]12C. The zero-order chi connectivity index (χ0) is 26.5. The van der Waals surface area contributed by atoms with Gasteiger partial charge in [-0.3, -0.25) is 4.79 Å². The van der Waals surface area contributed by atoms with Gasteiger partial charge in [0.2, 0.25) is 0 Å². The van der Waals surface area contributed by atoms with E-state index in [4.69, 9.17) is 9.47 Å². The highest BCUT2D eigenvalue weighted by atomic mass is 16.7. The molecule has 6 nitrogen and oxygen atoms in total. The van der Waals surface area contributed by atoms with Crippen LogP contribution in [-0.2, 0) is 14.3 Å². The van der Waals surface area contributed by atoms with Gasteiger partial charge in [-0.25, -0.2) is 4.79 Å². The molecule has 2 N–H and O–H groups in total. The Morgan fingerprint density at radius 2 is 1.83 bits per heavy atom. The number of hydrogen-bond donors (Lipinski definition) is 2. The first-order valence-corrected chi connectivity index (χ1v) is 13.5. The lowest BCUT2D eigenvalue weighted by atomic mass is 9.62. The van der Waals surface area contributed by atoms with Gasteiger partial charge in [-0.15, -0.1) is 0 Å². The van der Waals surface area contributed by atoms with E-state index < -0.39 is 24.0 Å². The molecule has 3 saturated carbocycles. The van der Waals surface area contributed by atoms with Gasteiger partial charge in [0, 0.05) is 0 Å². The van der Waals surface area contributed by atoms with Crippen molar-refractivity contribution in [2.24, 2.45) is 17.3 Å². The van der Waals surface area contributed by atoms with E-state index in [1.54, 1.807) is 19.9 Å². The molecule has 200 valence electrons. The predicted octanol–water partition coefficient (Wildman–Crippen LogP) is 5.98. The molecule has 0 unspecified atom stereocenters. The van der Waals surface area contributed by atoms with Gasteiger partial charge >= 0.3 is 6.16 Å². The number of fused-ring (bicyclic) bond motifs is 1. The maximum atomic E-state index is 12.8. The molecular weight excluding hydrogens is 456 g/mol. The third kappa shape index (κ3) is 6.77. The van der Waals surface area contributed by atoms with Crippen LogP contribution < -0.4 is 0 Å². The predicted molar refractivity (Wildman–Crippen MR) is 140 cm³/mol. The van der Waals surface area contributed by atoms with Crippen LogP contribution in [0.4, 0.5) is 4.79 Å². The number of aliphatic hydroxyl groups is 2. The molecule has 0 aromatic heterocycles. The summed E-state index contributed by atoms with van der Waals surface area (Å²) >= 11 is 0. The first-order valence-electron chi connectivity index (χ1n) is 13.5. The van der Waals surface area contributed by atoms with Crippen LogP contribution in [0, 0.1) is 17.3 Å². The van der Waals surface area contributed by atoms with Crippen LogP contribution in [0.25, 0.3) is 0 Å². The summed E-state index contributed by atoms with van der Waals surface area (Å²) in [5.41, 5.74) is 2.27. The van der Waals surface area contributed by atoms with Gasteiger partial charge < -0.3 is 19.7 Å². The molecule has 0 spiro atoms. The van der Waals surface area contributed by atoms with Crippen molar-refractivity contribution >= 4 is 11.9 Å². The van der Waals surface area contributed by atoms with Gasteiger partial charge in [0.05, 0.1) is 18.8 Å². The molecule has 0 aromatic rings. The molecule has 0 aliphatic heterocycles. The maximum absolute atomic E-state index is 12.8. The molecule has 0 aromatic carbocycles. The Morgan fingerprint density at radius 3 is 2.50 bits per heavy atom. The number of ketones is 1. The number of ether oxygens (including phenoxy) is 2. The van der Waals surface area contributed by atoms with Crippen molar-refractivity contribution in [3.63, 3.8) is 0 Å². The van der Waals surface area contributed by atoms with Crippen LogP contribution in [0.1, 0.15) is 85.5 Å². The summed E-state index contributed by atoms with van der Waals surface area (Å²) < 4.78 is 10.2. The van der Waals surface area contributed by atoms with Gasteiger partial charge in [-0.1, -0.05) is 55.4 Å². The van der Waals surface area contributed by atoms with Gasteiger partial charge in [0.1, 0.15) is 0 Å². The standard InChI is InChI=1S/C30H44O6/c1-6-16-35-28(34)36-29(3,4)27(33)14-9-20(2)25-12-13-26-22(8-7-15-30(25,26)5)11-10-21-17-23(31)19-24(32)18-21/h9-11,14,23-26,31-32H,2,6-8,12-13,15-19H2,1,3-5H3/b14-9+,22-11+/t23-,24-,25-,26+,30-/m1/s1. The van der Waals surface area contributed by atoms with Crippen LogP contribution in [0.5, 0.6) is 0 Å². The van der Waals surface area contributed by atoms with Crippen molar-refractivity contribution in [1.29, 1.82) is 0 Å². The summed E-state index contributed by atoms with van der Waals surface area (Å²) in [6.07, 6.45) is 13.7. The van der Waals surface area contributed by atoms with E-state index >= 15 is 0 Å². The van der Waals surface area contributed by atoms with Crippen LogP contribution in [0.15, 0.2) is 47.6 Å². The maximum Gasteiger partial charge on any atom is 0.509 e. The van der Waals surface area contributed by atoms with Crippen molar-refractivity contribution in [3.8, 4) is 0 Å². The van der Waals surface area contributed by atoms with Crippen molar-refractivity contribution in [3.05, 3.63) is 47.6 Å². The topological polar surface area (TPSA) is 93.1 Å². The molecule has 3 rings (SSSR count). The normalized spacial score (nSPS) is 31.8. The molecule has 0 amide bonds. The molecule has 0 heterocycles. The Kier molecular flexibility index (Phi) is 9.39. The molecule has 3 aliphatic rings. The summed E-state index contributed by atoms with van der Waals surface area (Å²) in [7, 11) is 0. The van der Waals surface area contributed by atoms with E-state index in [0.717, 1.165) is 43.3 Å². The number of carbonyl (C=O) groups is 2. The number of hydrogen-bond acceptors (Lipinski definition) is 6. The van der Waals surface area contributed by atoms with Gasteiger partial charge in [-0.2, -0.15) is 0 Å². The Balaban J connectivity index is 1.66. The van der Waals surface area contributed by atoms with E-state index in [9.17, 15) is 19.8 Å². The van der Waals surface area contributed by atoms with Crippen molar-refractivity contribution in [2.45, 2.75) is 103 Å². The Morgan fingerprint density at radius 1 is 1.14 bits per heavy atom. The van der Waals surface area contributed by atoms with Crippen LogP contribution >= 0.6 is 0 Å². The summed E-state index contributed by atoms with van der Waals surface area (Å²) in [6.45, 7) is 12.0. The van der Waals surface area contributed by atoms with Crippen LogP contribution in [0.2, 0.25) is 0 Å². The highest BCUT2D eigenvalue weighted by Crippen LogP contribution is 2.59. The summed E-state index contributed by atoms with van der Waals surface area (Å²) in [5.74, 6) is 0.435. The third-order valence-electron chi connectivity index (χ3n) is 8.29. The van der Waals surface area contributed by atoms with Crippen molar-refractivity contribution < 1.29 is 29.3 Å². The monoisotopic (exact) mass is 500 g/mol. The molecule has 0 saturated heterocycles. The van der Waals surface area contributed by atoms with Gasteiger partial charge in [-0.05, 0) is 95.0 Å². The molecule has 0 bridgehead atoms. The first-order chi connectivity index (χ1) is 17.0. The minimum absolute atomic E-state index is 0.0780. The minimum Gasteiger partial charge on any atom is -0.434 e. The number of carbonyl (C=O) groups excluding carboxylic acids is 2. The number of aliphatic hydroxyl groups excluding tert-OH is 2. The van der Waals surface area contributed by atoms with E-state index in [-0.39, 0.29) is 23.7 Å². The molecule has 3 fully saturated rings. The second-order valence-corrected chi connectivity index (χ2v) is 11.5. The lowest BCUT2D eigenvalue weighted by Crippen LogP contribution is -2.36. The lowest BCUT2D eigenvalue weighted by molar-refractivity contribution is -0.131. The molecule has 6 heteroatoms. The second kappa shape index (κ2) is 11.9. The minimum atomic E-state index is -1.31. The fourth-order valence-corrected chi connectivity index (χ4v) is 6.35. The Labute approximate surface area is 216 Å². The fourth-order valence-electron chi connectivity index (χ4n) is 6.35. The van der Waals surface area contributed by atoms with E-state index in [1.807, 2.05) is 6.92 Å².